The highest BCUT2D eigenvalue weighted by atomic mass is 16.2. The van der Waals surface area contributed by atoms with Crippen LogP contribution in [0.25, 0.3) is 0 Å². The first kappa shape index (κ1) is 10.5. The lowest BCUT2D eigenvalue weighted by Gasteiger charge is -2.06. The van der Waals surface area contributed by atoms with Gasteiger partial charge in [0, 0.05) is 0 Å². The summed E-state index contributed by atoms with van der Waals surface area (Å²) in [4.78, 5) is 0. The molecule has 0 saturated carbocycles. The summed E-state index contributed by atoms with van der Waals surface area (Å²) in [6.45, 7) is 6.62. The molecule has 1 atom stereocenters. The van der Waals surface area contributed by atoms with Crippen molar-refractivity contribution in [2.24, 2.45) is 11.8 Å². The molecule has 1 heteroatoms. The molecule has 0 aliphatic rings. The summed E-state index contributed by atoms with van der Waals surface area (Å²) in [6, 6.07) is 0. The number of hydrogen-bond acceptors (Lipinski definition) is 1. The van der Waals surface area contributed by atoms with E-state index >= 15 is 0 Å². The molecule has 11 heavy (non-hydrogen) atoms. The zero-order valence-electron chi connectivity index (χ0n) is 7.88. The maximum Gasteiger partial charge on any atom is 0.0754 e. The van der Waals surface area contributed by atoms with Gasteiger partial charge in [0.1, 0.15) is 0 Å². The molecule has 1 nitrogen and oxygen atoms in total. The lowest BCUT2D eigenvalue weighted by molar-refractivity contribution is 0.455. The van der Waals surface area contributed by atoms with Gasteiger partial charge in [0.25, 0.3) is 0 Å². The van der Waals surface area contributed by atoms with E-state index in [2.05, 4.69) is 20.8 Å². The SMILES string of the molecule is CC(C)CCCC(C)C=CO. The van der Waals surface area contributed by atoms with Crippen LogP contribution >= 0.6 is 0 Å². The molecule has 0 aromatic carbocycles. The molecule has 1 unspecified atom stereocenters. The van der Waals surface area contributed by atoms with E-state index in [0.717, 1.165) is 12.2 Å². The third-order valence-corrected chi connectivity index (χ3v) is 1.86. The highest BCUT2D eigenvalue weighted by Crippen LogP contribution is 2.12. The normalized spacial score (nSPS) is 14.5. The van der Waals surface area contributed by atoms with Crippen LogP contribution in [-0.4, -0.2) is 5.11 Å². The summed E-state index contributed by atoms with van der Waals surface area (Å²) >= 11 is 0. The Morgan fingerprint density at radius 2 is 1.82 bits per heavy atom. The summed E-state index contributed by atoms with van der Waals surface area (Å²) in [5, 5.41) is 8.46. The van der Waals surface area contributed by atoms with E-state index in [9.17, 15) is 0 Å². The second-order valence-corrected chi connectivity index (χ2v) is 3.64. The van der Waals surface area contributed by atoms with Gasteiger partial charge in [-0.3, -0.25) is 0 Å². The summed E-state index contributed by atoms with van der Waals surface area (Å²) in [5.74, 6) is 1.33. The third-order valence-electron chi connectivity index (χ3n) is 1.86. The Morgan fingerprint density at radius 3 is 2.27 bits per heavy atom. The minimum absolute atomic E-state index is 0.527. The zero-order chi connectivity index (χ0) is 8.69. The predicted molar refractivity (Wildman–Crippen MR) is 49.6 cm³/mol. The van der Waals surface area contributed by atoms with Crippen molar-refractivity contribution in [3.05, 3.63) is 12.3 Å². The Labute approximate surface area is 70.1 Å². The molecule has 1 N–H and O–H groups in total. The van der Waals surface area contributed by atoms with Gasteiger partial charge in [-0.05, 0) is 24.3 Å². The van der Waals surface area contributed by atoms with E-state index in [-0.39, 0.29) is 0 Å². The van der Waals surface area contributed by atoms with Gasteiger partial charge >= 0.3 is 0 Å². The molecule has 0 fully saturated rings. The second-order valence-electron chi connectivity index (χ2n) is 3.64. The fraction of sp³-hybridized carbons (Fsp3) is 0.800. The molecule has 0 aromatic heterocycles. The first-order valence-corrected chi connectivity index (χ1v) is 4.47. The average molecular weight is 156 g/mol. The minimum atomic E-state index is 0.527. The van der Waals surface area contributed by atoms with Crippen LogP contribution in [0.3, 0.4) is 0 Å². The van der Waals surface area contributed by atoms with E-state index in [0.29, 0.717) is 5.92 Å². The van der Waals surface area contributed by atoms with E-state index < -0.39 is 0 Å². The summed E-state index contributed by atoms with van der Waals surface area (Å²) in [7, 11) is 0. The van der Waals surface area contributed by atoms with Crippen molar-refractivity contribution in [2.45, 2.75) is 40.0 Å². The zero-order valence-corrected chi connectivity index (χ0v) is 7.88. The van der Waals surface area contributed by atoms with E-state index in [1.807, 2.05) is 6.08 Å². The molecule has 66 valence electrons. The van der Waals surface area contributed by atoms with Crippen LogP contribution in [0.5, 0.6) is 0 Å². The van der Waals surface area contributed by atoms with Gasteiger partial charge in [0.2, 0.25) is 0 Å². The topological polar surface area (TPSA) is 20.2 Å². The van der Waals surface area contributed by atoms with Crippen LogP contribution in [0.1, 0.15) is 40.0 Å². The van der Waals surface area contributed by atoms with Crippen LogP contribution in [0, 0.1) is 11.8 Å². The molecule has 0 aromatic rings. The molecule has 0 spiro atoms. The lowest BCUT2D eigenvalue weighted by atomic mass is 10.00. The number of allylic oxidation sites excluding steroid dienone is 1. The first-order chi connectivity index (χ1) is 5.16. The highest BCUT2D eigenvalue weighted by molar-refractivity contribution is 4.78. The molecular weight excluding hydrogens is 136 g/mol. The largest absolute Gasteiger partial charge is 0.516 e. The first-order valence-electron chi connectivity index (χ1n) is 4.47. The maximum absolute atomic E-state index is 8.46. The monoisotopic (exact) mass is 156 g/mol. The van der Waals surface area contributed by atoms with Crippen LogP contribution in [0.2, 0.25) is 0 Å². The van der Waals surface area contributed by atoms with Gasteiger partial charge in [-0.1, -0.05) is 33.6 Å². The van der Waals surface area contributed by atoms with Crippen molar-refractivity contribution in [1.82, 2.24) is 0 Å². The van der Waals surface area contributed by atoms with Crippen molar-refractivity contribution in [3.8, 4) is 0 Å². The van der Waals surface area contributed by atoms with Crippen molar-refractivity contribution < 1.29 is 5.11 Å². The van der Waals surface area contributed by atoms with Gasteiger partial charge in [-0.25, -0.2) is 0 Å². The summed E-state index contributed by atoms with van der Waals surface area (Å²) < 4.78 is 0. The standard InChI is InChI=1S/C10H20O/c1-9(2)5-4-6-10(3)7-8-11/h7-11H,4-6H2,1-3H3. The average Bonchev–Trinajstić information content (AvgIpc) is 1.87. The highest BCUT2D eigenvalue weighted by Gasteiger charge is 1.98. The smallest absolute Gasteiger partial charge is 0.0754 e. The van der Waals surface area contributed by atoms with Gasteiger partial charge in [-0.2, -0.15) is 0 Å². The molecule has 0 rings (SSSR count). The molecule has 0 radical (unpaired) electrons. The van der Waals surface area contributed by atoms with Gasteiger partial charge in [0.05, 0.1) is 6.26 Å². The number of aliphatic hydroxyl groups excluding tert-OH is 1. The van der Waals surface area contributed by atoms with E-state index in [4.69, 9.17) is 5.11 Å². The lowest BCUT2D eigenvalue weighted by Crippen LogP contribution is -1.92. The van der Waals surface area contributed by atoms with Crippen molar-refractivity contribution in [3.63, 3.8) is 0 Å². The maximum atomic E-state index is 8.46. The molecule has 0 aliphatic carbocycles. The Kier molecular flexibility index (Phi) is 6.00. The fourth-order valence-electron chi connectivity index (χ4n) is 1.09. The van der Waals surface area contributed by atoms with Crippen molar-refractivity contribution >= 4 is 0 Å². The Hall–Kier alpha value is -0.460. The number of aliphatic hydroxyl groups is 1. The van der Waals surface area contributed by atoms with Crippen LogP contribution in [0.15, 0.2) is 12.3 Å². The molecule has 0 amide bonds. The van der Waals surface area contributed by atoms with Gasteiger partial charge in [-0.15, -0.1) is 0 Å². The van der Waals surface area contributed by atoms with Crippen LogP contribution < -0.4 is 0 Å². The van der Waals surface area contributed by atoms with Crippen LogP contribution in [0.4, 0.5) is 0 Å². The van der Waals surface area contributed by atoms with Crippen LogP contribution in [-0.2, 0) is 0 Å². The number of hydrogen-bond donors (Lipinski definition) is 1. The quantitative estimate of drug-likeness (QED) is 0.604. The predicted octanol–water partition coefficient (Wildman–Crippen LogP) is 3.52. The van der Waals surface area contributed by atoms with Gasteiger partial charge < -0.3 is 5.11 Å². The third kappa shape index (κ3) is 7.44. The number of rotatable bonds is 5. The summed E-state index contributed by atoms with van der Waals surface area (Å²) in [5.41, 5.74) is 0. The summed E-state index contributed by atoms with van der Waals surface area (Å²) in [6.07, 6.45) is 6.75. The molecule has 0 heterocycles. The molecule has 0 bridgehead atoms. The van der Waals surface area contributed by atoms with Gasteiger partial charge in [0.15, 0.2) is 0 Å². The van der Waals surface area contributed by atoms with E-state index in [1.54, 1.807) is 0 Å². The Morgan fingerprint density at radius 1 is 1.18 bits per heavy atom. The molecule has 0 saturated heterocycles. The van der Waals surface area contributed by atoms with Crippen molar-refractivity contribution in [1.29, 1.82) is 0 Å². The fourth-order valence-corrected chi connectivity index (χ4v) is 1.09. The molecule has 0 aliphatic heterocycles. The van der Waals surface area contributed by atoms with Crippen molar-refractivity contribution in [2.75, 3.05) is 0 Å². The Bertz CT molecular complexity index is 105. The minimum Gasteiger partial charge on any atom is -0.516 e. The van der Waals surface area contributed by atoms with E-state index in [1.165, 1.54) is 19.3 Å². The second kappa shape index (κ2) is 6.26. The molecular formula is C10H20O. The Balaban J connectivity index is 3.24.